The van der Waals surface area contributed by atoms with Crippen LogP contribution in [-0.2, 0) is 0 Å². The highest BCUT2D eigenvalue weighted by atomic mass is 16.1. The number of hydrogen-bond acceptors (Lipinski definition) is 1. The summed E-state index contributed by atoms with van der Waals surface area (Å²) in [4.78, 5) is 12.8. The molecule has 1 fully saturated rings. The van der Waals surface area contributed by atoms with E-state index in [-0.39, 0.29) is 5.43 Å². The molecule has 0 N–H and O–H groups in total. The minimum atomic E-state index is 0.149. The first-order chi connectivity index (χ1) is 12.7. The zero-order chi connectivity index (χ0) is 18.1. The Bertz CT molecular complexity index is 979. The quantitative estimate of drug-likeness (QED) is 0.591. The lowest BCUT2D eigenvalue weighted by Gasteiger charge is -2.25. The smallest absolute Gasteiger partial charge is 0.185 e. The second-order valence-electron chi connectivity index (χ2n) is 7.38. The second kappa shape index (κ2) is 6.95. The summed E-state index contributed by atoms with van der Waals surface area (Å²) in [6, 6.07) is 20.7. The molecule has 2 nitrogen and oxygen atoms in total. The lowest BCUT2D eigenvalue weighted by atomic mass is 9.97. The van der Waals surface area contributed by atoms with Gasteiger partial charge in [-0.1, -0.05) is 61.4 Å². The average Bonchev–Trinajstić information content (AvgIpc) is 3.19. The van der Waals surface area contributed by atoms with Crippen LogP contribution in [-0.4, -0.2) is 4.57 Å². The van der Waals surface area contributed by atoms with Crippen LogP contribution in [0.2, 0.25) is 0 Å². The molecule has 0 atom stereocenters. The molecule has 0 bridgehead atoms. The maximum Gasteiger partial charge on any atom is 0.185 e. The molecule has 2 aromatic carbocycles. The van der Waals surface area contributed by atoms with Gasteiger partial charge in [-0.3, -0.25) is 4.79 Å². The minimum absolute atomic E-state index is 0.149. The van der Waals surface area contributed by atoms with Crippen LogP contribution < -0.4 is 5.43 Å². The minimum Gasteiger partial charge on any atom is -0.313 e. The molecule has 0 saturated heterocycles. The number of aryl methyl sites for hydroxylation is 1. The van der Waals surface area contributed by atoms with E-state index in [0.29, 0.717) is 5.92 Å². The molecule has 1 heterocycles. The third-order valence-corrected chi connectivity index (χ3v) is 5.66. The number of benzene rings is 2. The van der Waals surface area contributed by atoms with Crippen molar-refractivity contribution in [3.63, 3.8) is 0 Å². The van der Waals surface area contributed by atoms with E-state index in [1.165, 1.54) is 42.6 Å². The second-order valence-corrected chi connectivity index (χ2v) is 7.38. The molecule has 2 heteroatoms. The molecule has 1 aliphatic carbocycles. The number of hydrogen-bond donors (Lipinski definition) is 0. The van der Waals surface area contributed by atoms with E-state index >= 15 is 0 Å². The summed E-state index contributed by atoms with van der Waals surface area (Å²) in [5.41, 5.74) is 6.69. The zero-order valence-corrected chi connectivity index (χ0v) is 15.5. The predicted molar refractivity (Wildman–Crippen MR) is 108 cm³/mol. The first kappa shape index (κ1) is 16.8. The van der Waals surface area contributed by atoms with Gasteiger partial charge < -0.3 is 4.57 Å². The van der Waals surface area contributed by atoms with E-state index in [1.54, 1.807) is 0 Å². The van der Waals surface area contributed by atoms with Crippen molar-refractivity contribution < 1.29 is 0 Å². The van der Waals surface area contributed by atoms with E-state index in [4.69, 9.17) is 0 Å². The lowest BCUT2D eigenvalue weighted by Crippen LogP contribution is -2.19. The maximum atomic E-state index is 12.8. The third kappa shape index (κ3) is 2.90. The third-order valence-electron chi connectivity index (χ3n) is 5.66. The van der Waals surface area contributed by atoms with Crippen LogP contribution in [0.3, 0.4) is 0 Å². The summed E-state index contributed by atoms with van der Waals surface area (Å²) in [6.07, 6.45) is 4.84. The fraction of sp³-hybridized carbons (Fsp3) is 0.292. The van der Waals surface area contributed by atoms with Gasteiger partial charge in [0.2, 0.25) is 0 Å². The number of nitrogens with zero attached hydrogens (tertiary/aromatic N) is 1. The van der Waals surface area contributed by atoms with Crippen molar-refractivity contribution in [2.45, 2.75) is 45.4 Å². The Labute approximate surface area is 155 Å². The number of aromatic nitrogens is 1. The molecule has 4 rings (SSSR count). The largest absolute Gasteiger partial charge is 0.313 e. The molecule has 1 aliphatic rings. The summed E-state index contributed by atoms with van der Waals surface area (Å²) in [6.45, 7) is 4.11. The van der Waals surface area contributed by atoms with Gasteiger partial charge in [0.25, 0.3) is 0 Å². The number of pyridine rings is 1. The molecule has 1 aromatic heterocycles. The van der Waals surface area contributed by atoms with E-state index in [9.17, 15) is 4.79 Å². The van der Waals surface area contributed by atoms with Crippen molar-refractivity contribution in [2.24, 2.45) is 0 Å². The van der Waals surface area contributed by atoms with Crippen molar-refractivity contribution in [3.8, 4) is 16.9 Å². The lowest BCUT2D eigenvalue weighted by molar-refractivity contribution is 0.670. The molecule has 0 radical (unpaired) electrons. The van der Waals surface area contributed by atoms with Crippen LogP contribution in [0, 0.1) is 13.8 Å². The molecule has 3 aromatic rings. The van der Waals surface area contributed by atoms with Crippen LogP contribution in [0.5, 0.6) is 0 Å². The Kier molecular flexibility index (Phi) is 4.50. The SMILES string of the molecule is Cc1ccccc1-n1c(C2CCCC2)cc(=O)c(C)c1-c1ccccc1. The molecular formula is C24H25NO. The predicted octanol–water partition coefficient (Wildman–Crippen LogP) is 5.78. The van der Waals surface area contributed by atoms with E-state index in [0.717, 1.165) is 16.8 Å². The molecule has 0 amide bonds. The molecule has 1 saturated carbocycles. The number of rotatable bonds is 3. The normalized spacial score (nSPS) is 14.7. The summed E-state index contributed by atoms with van der Waals surface area (Å²) >= 11 is 0. The summed E-state index contributed by atoms with van der Waals surface area (Å²) in [5, 5.41) is 0. The molecule has 0 spiro atoms. The van der Waals surface area contributed by atoms with Crippen LogP contribution >= 0.6 is 0 Å². The van der Waals surface area contributed by atoms with Crippen molar-refractivity contribution in [2.75, 3.05) is 0 Å². The Morgan fingerprint density at radius 3 is 2.23 bits per heavy atom. The maximum absolute atomic E-state index is 12.8. The molecule has 26 heavy (non-hydrogen) atoms. The highest BCUT2D eigenvalue weighted by molar-refractivity contribution is 5.67. The first-order valence-corrected chi connectivity index (χ1v) is 9.55. The fourth-order valence-electron chi connectivity index (χ4n) is 4.26. The molecular weight excluding hydrogens is 318 g/mol. The summed E-state index contributed by atoms with van der Waals surface area (Å²) in [7, 11) is 0. The van der Waals surface area contributed by atoms with Gasteiger partial charge in [-0.25, -0.2) is 0 Å². The molecule has 132 valence electrons. The van der Waals surface area contributed by atoms with Crippen molar-refractivity contribution >= 4 is 0 Å². The van der Waals surface area contributed by atoms with Gasteiger partial charge >= 0.3 is 0 Å². The van der Waals surface area contributed by atoms with Gasteiger partial charge in [0.05, 0.1) is 5.69 Å². The average molecular weight is 343 g/mol. The first-order valence-electron chi connectivity index (χ1n) is 9.55. The van der Waals surface area contributed by atoms with E-state index < -0.39 is 0 Å². The zero-order valence-electron chi connectivity index (χ0n) is 15.5. The van der Waals surface area contributed by atoms with Gasteiger partial charge in [-0.05, 0) is 49.8 Å². The van der Waals surface area contributed by atoms with Crippen LogP contribution in [0.4, 0.5) is 0 Å². The topological polar surface area (TPSA) is 22.0 Å². The van der Waals surface area contributed by atoms with Crippen molar-refractivity contribution in [3.05, 3.63) is 87.7 Å². The van der Waals surface area contributed by atoms with Gasteiger partial charge in [0.15, 0.2) is 5.43 Å². The highest BCUT2D eigenvalue weighted by Crippen LogP contribution is 2.38. The Hall–Kier alpha value is -2.61. The van der Waals surface area contributed by atoms with Crippen LogP contribution in [0.15, 0.2) is 65.5 Å². The van der Waals surface area contributed by atoms with Gasteiger partial charge in [0, 0.05) is 23.0 Å². The highest BCUT2D eigenvalue weighted by Gasteiger charge is 2.24. The van der Waals surface area contributed by atoms with E-state index in [2.05, 4.69) is 47.9 Å². The Morgan fingerprint density at radius 1 is 0.885 bits per heavy atom. The standard InChI is InChI=1S/C24H25NO/c1-17-10-6-9-15-21(17)25-22(19-11-7-8-12-19)16-23(26)18(2)24(25)20-13-4-3-5-14-20/h3-6,9-10,13-16,19H,7-8,11-12H2,1-2H3. The monoisotopic (exact) mass is 343 g/mol. The molecule has 0 aliphatic heterocycles. The van der Waals surface area contributed by atoms with Gasteiger partial charge in [-0.15, -0.1) is 0 Å². The summed E-state index contributed by atoms with van der Waals surface area (Å²) in [5.74, 6) is 0.463. The van der Waals surface area contributed by atoms with Crippen LogP contribution in [0.1, 0.15) is 48.4 Å². The van der Waals surface area contributed by atoms with Crippen molar-refractivity contribution in [1.82, 2.24) is 4.57 Å². The van der Waals surface area contributed by atoms with E-state index in [1.807, 2.05) is 31.2 Å². The Morgan fingerprint density at radius 2 is 1.54 bits per heavy atom. The summed E-state index contributed by atoms with van der Waals surface area (Å²) < 4.78 is 2.36. The Balaban J connectivity index is 2.09. The van der Waals surface area contributed by atoms with Gasteiger partial charge in [-0.2, -0.15) is 0 Å². The molecule has 0 unspecified atom stereocenters. The fourth-order valence-corrected chi connectivity index (χ4v) is 4.26. The van der Waals surface area contributed by atoms with Gasteiger partial charge in [0.1, 0.15) is 0 Å². The number of para-hydroxylation sites is 1. The van der Waals surface area contributed by atoms with Crippen molar-refractivity contribution in [1.29, 1.82) is 0 Å². The van der Waals surface area contributed by atoms with Crippen LogP contribution in [0.25, 0.3) is 16.9 Å².